The summed E-state index contributed by atoms with van der Waals surface area (Å²) in [4.78, 5) is 28.3. The number of carboxylic acids is 1. The first kappa shape index (κ1) is 16.9. The van der Waals surface area contributed by atoms with Gasteiger partial charge in [-0.25, -0.2) is 9.18 Å². The number of benzene rings is 1. The van der Waals surface area contributed by atoms with Gasteiger partial charge >= 0.3 is 12.0 Å². The van der Waals surface area contributed by atoms with Crippen molar-refractivity contribution in [3.05, 3.63) is 29.8 Å². The lowest BCUT2D eigenvalue weighted by atomic mass is 10.1. The van der Waals surface area contributed by atoms with Gasteiger partial charge in [0.05, 0.1) is 17.7 Å². The molecule has 25 heavy (non-hydrogen) atoms. The molecule has 132 valence electrons. The van der Waals surface area contributed by atoms with E-state index in [9.17, 15) is 14.0 Å². The molecule has 1 fully saturated rings. The van der Waals surface area contributed by atoms with Crippen molar-refractivity contribution in [1.29, 1.82) is 0 Å². The van der Waals surface area contributed by atoms with Crippen molar-refractivity contribution in [3.8, 4) is 11.5 Å². The number of halogens is 1. The van der Waals surface area contributed by atoms with Crippen LogP contribution in [0.3, 0.4) is 0 Å². The number of anilines is 1. The number of hydrogen-bond acceptors (Lipinski definition) is 5. The second-order valence-electron chi connectivity index (χ2n) is 5.92. The SMILES string of the molecule is CN(CCC(=O)O)C(=O)Nc1ccc(F)cc1-c1nc(C2CC2)no1. The standard InChI is InChI=1S/C16H17FN4O4/c1-21(7-6-13(22)23)16(24)18-12-5-4-10(17)8-11(12)15-19-14(20-25-15)9-2-3-9/h4-5,8-9H,2-3,6-7H2,1H3,(H,18,24)(H,22,23). The first-order chi connectivity index (χ1) is 11.9. The molecule has 0 atom stereocenters. The van der Waals surface area contributed by atoms with Crippen LogP contribution in [-0.4, -0.2) is 45.7 Å². The van der Waals surface area contributed by atoms with E-state index < -0.39 is 17.8 Å². The summed E-state index contributed by atoms with van der Waals surface area (Å²) in [7, 11) is 1.47. The molecule has 0 unspecified atom stereocenters. The Morgan fingerprint density at radius 3 is 2.88 bits per heavy atom. The normalized spacial score (nSPS) is 13.5. The summed E-state index contributed by atoms with van der Waals surface area (Å²) in [5.41, 5.74) is 0.582. The lowest BCUT2D eigenvalue weighted by Crippen LogP contribution is -2.33. The van der Waals surface area contributed by atoms with Gasteiger partial charge in [-0.3, -0.25) is 4.79 Å². The molecule has 3 rings (SSSR count). The summed E-state index contributed by atoms with van der Waals surface area (Å²) in [5.74, 6) is -0.509. The summed E-state index contributed by atoms with van der Waals surface area (Å²) in [5, 5.41) is 15.2. The number of aliphatic carboxylic acids is 1. The van der Waals surface area contributed by atoms with Gasteiger partial charge in [0.15, 0.2) is 5.82 Å². The molecule has 1 saturated carbocycles. The first-order valence-corrected chi connectivity index (χ1v) is 7.81. The van der Waals surface area contributed by atoms with Gasteiger partial charge in [-0.15, -0.1) is 0 Å². The molecule has 2 aromatic rings. The predicted molar refractivity (Wildman–Crippen MR) is 85.6 cm³/mol. The Morgan fingerprint density at radius 1 is 1.44 bits per heavy atom. The lowest BCUT2D eigenvalue weighted by Gasteiger charge is -2.17. The Morgan fingerprint density at radius 2 is 2.20 bits per heavy atom. The molecule has 0 radical (unpaired) electrons. The predicted octanol–water partition coefficient (Wildman–Crippen LogP) is 2.69. The molecule has 8 nitrogen and oxygen atoms in total. The summed E-state index contributed by atoms with van der Waals surface area (Å²) in [6.07, 6.45) is 1.83. The Kier molecular flexibility index (Phi) is 4.64. The van der Waals surface area contributed by atoms with Gasteiger partial charge in [0.2, 0.25) is 0 Å². The van der Waals surface area contributed by atoms with Gasteiger partial charge in [0.25, 0.3) is 5.89 Å². The van der Waals surface area contributed by atoms with Crippen molar-refractivity contribution in [2.75, 3.05) is 18.9 Å². The third kappa shape index (κ3) is 4.11. The van der Waals surface area contributed by atoms with Crippen LogP contribution in [0.2, 0.25) is 0 Å². The quantitative estimate of drug-likeness (QED) is 0.831. The number of rotatable bonds is 6. The van der Waals surface area contributed by atoms with E-state index in [1.165, 1.54) is 30.1 Å². The van der Waals surface area contributed by atoms with E-state index in [0.29, 0.717) is 11.5 Å². The maximum atomic E-state index is 13.6. The summed E-state index contributed by atoms with van der Waals surface area (Å²) in [6, 6.07) is 3.29. The van der Waals surface area contributed by atoms with Crippen molar-refractivity contribution in [2.24, 2.45) is 0 Å². The van der Waals surface area contributed by atoms with E-state index in [2.05, 4.69) is 15.5 Å². The number of carboxylic acid groups (broad SMARTS) is 1. The van der Waals surface area contributed by atoms with Gasteiger partial charge in [0, 0.05) is 19.5 Å². The Labute approximate surface area is 142 Å². The Bertz CT molecular complexity index is 803. The third-order valence-corrected chi connectivity index (χ3v) is 3.85. The van der Waals surface area contributed by atoms with Crippen molar-refractivity contribution >= 4 is 17.7 Å². The van der Waals surface area contributed by atoms with Gasteiger partial charge in [-0.05, 0) is 31.0 Å². The van der Waals surface area contributed by atoms with Crippen molar-refractivity contribution < 1.29 is 23.6 Å². The van der Waals surface area contributed by atoms with Crippen LogP contribution in [0.4, 0.5) is 14.9 Å². The highest BCUT2D eigenvalue weighted by molar-refractivity contribution is 5.93. The molecule has 1 aliphatic carbocycles. The average Bonchev–Trinajstić information content (AvgIpc) is 3.31. The summed E-state index contributed by atoms with van der Waals surface area (Å²) in [6.45, 7) is 0.0457. The zero-order valence-electron chi connectivity index (χ0n) is 13.5. The maximum absolute atomic E-state index is 13.6. The number of nitrogens with zero attached hydrogens (tertiary/aromatic N) is 3. The largest absolute Gasteiger partial charge is 0.481 e. The van der Waals surface area contributed by atoms with Gasteiger partial charge in [-0.2, -0.15) is 4.98 Å². The Hall–Kier alpha value is -2.97. The highest BCUT2D eigenvalue weighted by Crippen LogP contribution is 2.39. The fraction of sp³-hybridized carbons (Fsp3) is 0.375. The summed E-state index contributed by atoms with van der Waals surface area (Å²) >= 11 is 0. The van der Waals surface area contributed by atoms with Crippen LogP contribution in [-0.2, 0) is 4.79 Å². The number of nitrogens with one attached hydrogen (secondary N) is 1. The van der Waals surface area contributed by atoms with Gasteiger partial charge in [-0.1, -0.05) is 5.16 Å². The molecule has 1 heterocycles. The van der Waals surface area contributed by atoms with E-state index in [1.54, 1.807) is 0 Å². The lowest BCUT2D eigenvalue weighted by molar-refractivity contribution is -0.137. The fourth-order valence-electron chi connectivity index (χ4n) is 2.23. The molecule has 0 aliphatic heterocycles. The second kappa shape index (κ2) is 6.88. The van der Waals surface area contributed by atoms with Crippen molar-refractivity contribution in [1.82, 2.24) is 15.0 Å². The minimum atomic E-state index is -0.999. The number of carbonyl (C=O) groups is 2. The topological polar surface area (TPSA) is 109 Å². The molecule has 1 aromatic carbocycles. The van der Waals surface area contributed by atoms with E-state index in [0.717, 1.165) is 12.8 Å². The maximum Gasteiger partial charge on any atom is 0.321 e. The zero-order chi connectivity index (χ0) is 18.0. The molecular weight excluding hydrogens is 331 g/mol. The molecule has 9 heteroatoms. The Balaban J connectivity index is 1.78. The smallest absolute Gasteiger partial charge is 0.321 e. The van der Waals surface area contributed by atoms with E-state index in [4.69, 9.17) is 9.63 Å². The molecule has 0 bridgehead atoms. The van der Waals surface area contributed by atoms with Crippen LogP contribution in [0, 0.1) is 5.82 Å². The van der Waals surface area contributed by atoms with E-state index in [-0.39, 0.29) is 30.3 Å². The summed E-state index contributed by atoms with van der Waals surface area (Å²) < 4.78 is 18.8. The minimum absolute atomic E-state index is 0.0457. The molecule has 1 aromatic heterocycles. The number of carbonyl (C=O) groups excluding carboxylic acids is 1. The van der Waals surface area contributed by atoms with E-state index >= 15 is 0 Å². The number of hydrogen-bond donors (Lipinski definition) is 2. The highest BCUT2D eigenvalue weighted by Gasteiger charge is 2.29. The number of urea groups is 1. The third-order valence-electron chi connectivity index (χ3n) is 3.85. The molecule has 0 saturated heterocycles. The first-order valence-electron chi connectivity index (χ1n) is 7.81. The zero-order valence-corrected chi connectivity index (χ0v) is 13.5. The van der Waals surface area contributed by atoms with Crippen LogP contribution in [0.25, 0.3) is 11.5 Å². The van der Waals surface area contributed by atoms with E-state index in [1.807, 2.05) is 0 Å². The molecule has 1 aliphatic rings. The van der Waals surface area contributed by atoms with Crippen LogP contribution in [0.1, 0.15) is 31.0 Å². The molecule has 0 spiro atoms. The second-order valence-corrected chi connectivity index (χ2v) is 5.92. The van der Waals surface area contributed by atoms with Crippen molar-refractivity contribution in [2.45, 2.75) is 25.2 Å². The molecule has 2 N–H and O–H groups in total. The molecule has 2 amide bonds. The van der Waals surface area contributed by atoms with Crippen molar-refractivity contribution in [3.63, 3.8) is 0 Å². The monoisotopic (exact) mass is 348 g/mol. The highest BCUT2D eigenvalue weighted by atomic mass is 19.1. The average molecular weight is 348 g/mol. The van der Waals surface area contributed by atoms with Crippen LogP contribution in [0.5, 0.6) is 0 Å². The van der Waals surface area contributed by atoms with Gasteiger partial charge < -0.3 is 19.8 Å². The minimum Gasteiger partial charge on any atom is -0.481 e. The van der Waals surface area contributed by atoms with Crippen LogP contribution in [0.15, 0.2) is 22.7 Å². The number of amides is 2. The molecular formula is C16H17FN4O4. The van der Waals surface area contributed by atoms with Gasteiger partial charge in [0.1, 0.15) is 5.82 Å². The van der Waals surface area contributed by atoms with Crippen LogP contribution >= 0.6 is 0 Å². The number of aromatic nitrogens is 2. The van der Waals surface area contributed by atoms with Crippen LogP contribution < -0.4 is 5.32 Å². The fourth-order valence-corrected chi connectivity index (χ4v) is 2.23.